The standard InChI is InChI=1S/C29H29N4O6/c1-17-25(28(34)31-20-12-6-9-15-23(20)38-3)27(19-11-5-8-14-22(19)33(36)37)26(18(2)30-17)29(35)32-21-13-7-10-16-24(21)39-4/h5-16,27,30,36H,1-4H3,(H,31,34)(H,32,35)/q-1. The van der Waals surface area contributed by atoms with Crippen LogP contribution in [0.4, 0.5) is 17.1 Å². The third-order valence-corrected chi connectivity index (χ3v) is 6.41. The van der Waals surface area contributed by atoms with Crippen LogP contribution in [0.1, 0.15) is 25.3 Å². The number of methoxy groups -OCH3 is 2. The summed E-state index contributed by atoms with van der Waals surface area (Å²) in [6.45, 7) is 3.41. The van der Waals surface area contributed by atoms with Gasteiger partial charge in [-0.2, -0.15) is 0 Å². The van der Waals surface area contributed by atoms with Crippen LogP contribution in [-0.2, 0) is 9.59 Å². The highest BCUT2D eigenvalue weighted by Crippen LogP contribution is 2.43. The Kier molecular flexibility index (Phi) is 8.18. The second kappa shape index (κ2) is 11.7. The molecule has 0 radical (unpaired) electrons. The first kappa shape index (κ1) is 27.2. The first-order chi connectivity index (χ1) is 18.8. The van der Waals surface area contributed by atoms with Gasteiger partial charge >= 0.3 is 0 Å². The summed E-state index contributed by atoms with van der Waals surface area (Å²) >= 11 is 0. The van der Waals surface area contributed by atoms with E-state index in [0.29, 0.717) is 34.3 Å². The van der Waals surface area contributed by atoms with Crippen molar-refractivity contribution in [3.05, 3.63) is 106 Å². The smallest absolute Gasteiger partial charge is 0.254 e. The van der Waals surface area contributed by atoms with Crippen molar-refractivity contribution in [2.75, 3.05) is 30.1 Å². The van der Waals surface area contributed by atoms with Gasteiger partial charge in [0.1, 0.15) is 11.5 Å². The fourth-order valence-electron chi connectivity index (χ4n) is 4.69. The molecule has 10 nitrogen and oxygen atoms in total. The molecule has 2 amide bonds. The molecular weight excluding hydrogens is 500 g/mol. The maximum atomic E-state index is 13.9. The van der Waals surface area contributed by atoms with Gasteiger partial charge in [0.2, 0.25) is 0 Å². The number of dihydropyridines is 1. The fraction of sp³-hybridized carbons (Fsp3) is 0.172. The SMILES string of the molecule is COc1ccccc1NC(=O)C1=C(C)NC(C)=C(C(=O)Nc2ccccc2OC)C1c1ccccc1N([O-])O. The van der Waals surface area contributed by atoms with Crippen molar-refractivity contribution in [2.24, 2.45) is 0 Å². The van der Waals surface area contributed by atoms with E-state index in [1.807, 2.05) is 0 Å². The van der Waals surface area contributed by atoms with Gasteiger partial charge in [0.25, 0.3) is 11.8 Å². The van der Waals surface area contributed by atoms with Crippen molar-refractivity contribution in [3.8, 4) is 11.5 Å². The highest BCUT2D eigenvalue weighted by Gasteiger charge is 2.38. The van der Waals surface area contributed by atoms with Gasteiger partial charge in [-0.1, -0.05) is 42.5 Å². The molecule has 4 rings (SSSR count). The number of benzene rings is 3. The molecule has 3 aromatic rings. The minimum atomic E-state index is -1.02. The second-order valence-corrected chi connectivity index (χ2v) is 8.78. The van der Waals surface area contributed by atoms with Gasteiger partial charge in [-0.15, -0.1) is 0 Å². The molecule has 3 aromatic carbocycles. The molecule has 0 bridgehead atoms. The highest BCUT2D eigenvalue weighted by atomic mass is 16.8. The zero-order valence-corrected chi connectivity index (χ0v) is 21.9. The number of hydrogen-bond donors (Lipinski definition) is 4. The van der Waals surface area contributed by atoms with E-state index in [1.165, 1.54) is 20.3 Å². The average molecular weight is 530 g/mol. The van der Waals surface area contributed by atoms with Crippen LogP contribution in [0.2, 0.25) is 0 Å². The summed E-state index contributed by atoms with van der Waals surface area (Å²) in [7, 11) is 2.99. The van der Waals surface area contributed by atoms with E-state index in [4.69, 9.17) is 9.47 Å². The second-order valence-electron chi connectivity index (χ2n) is 8.78. The largest absolute Gasteiger partial charge is 0.733 e. The number of rotatable bonds is 8. The predicted molar refractivity (Wildman–Crippen MR) is 149 cm³/mol. The molecule has 39 heavy (non-hydrogen) atoms. The van der Waals surface area contributed by atoms with Crippen LogP contribution < -0.4 is 30.7 Å². The number of amides is 2. The topological polar surface area (TPSA) is 135 Å². The van der Waals surface area contributed by atoms with Crippen LogP contribution in [0.15, 0.2) is 95.3 Å². The summed E-state index contributed by atoms with van der Waals surface area (Å²) in [5.41, 5.74) is 2.35. The molecule has 1 aliphatic rings. The van der Waals surface area contributed by atoms with Crippen molar-refractivity contribution in [3.63, 3.8) is 0 Å². The number of para-hydroxylation sites is 5. The number of carbonyl (C=O) groups excluding carboxylic acids is 2. The van der Waals surface area contributed by atoms with Crippen molar-refractivity contribution >= 4 is 28.9 Å². The van der Waals surface area contributed by atoms with Crippen LogP contribution in [0.25, 0.3) is 0 Å². The summed E-state index contributed by atoms with van der Waals surface area (Å²) in [5.74, 6) is -1.15. The van der Waals surface area contributed by atoms with Crippen LogP contribution >= 0.6 is 0 Å². The Hall–Kier alpha value is -4.80. The van der Waals surface area contributed by atoms with Crippen LogP contribution in [0.5, 0.6) is 11.5 Å². The summed E-state index contributed by atoms with van der Waals surface area (Å²) in [6, 6.07) is 20.1. The Labute approximate surface area is 226 Å². The molecule has 0 unspecified atom stereocenters. The first-order valence-corrected chi connectivity index (χ1v) is 12.1. The minimum Gasteiger partial charge on any atom is -0.733 e. The molecule has 0 saturated heterocycles. The van der Waals surface area contributed by atoms with E-state index in [2.05, 4.69) is 16.0 Å². The molecule has 0 atom stereocenters. The lowest BCUT2D eigenvalue weighted by atomic mass is 9.79. The summed E-state index contributed by atoms with van der Waals surface area (Å²) in [4.78, 5) is 27.7. The summed E-state index contributed by atoms with van der Waals surface area (Å²) in [5, 5.41) is 30.7. The number of nitrogens with zero attached hydrogens (tertiary/aromatic N) is 1. The maximum Gasteiger partial charge on any atom is 0.254 e. The normalized spacial score (nSPS) is 13.5. The predicted octanol–water partition coefficient (Wildman–Crippen LogP) is 4.91. The van der Waals surface area contributed by atoms with E-state index in [9.17, 15) is 20.0 Å². The average Bonchev–Trinajstić information content (AvgIpc) is 2.93. The summed E-state index contributed by atoms with van der Waals surface area (Å²) < 4.78 is 10.7. The zero-order valence-electron chi connectivity index (χ0n) is 21.9. The molecule has 0 aromatic heterocycles. The number of nitrogens with one attached hydrogen (secondary N) is 3. The number of hydrogen-bond acceptors (Lipinski definition) is 8. The fourth-order valence-corrected chi connectivity index (χ4v) is 4.69. The Balaban J connectivity index is 1.84. The van der Waals surface area contributed by atoms with Gasteiger partial charge in [-0.3, -0.25) is 14.8 Å². The van der Waals surface area contributed by atoms with Crippen LogP contribution in [0.3, 0.4) is 0 Å². The molecule has 0 fully saturated rings. The molecular formula is C29H29N4O6-. The van der Waals surface area contributed by atoms with Gasteiger partial charge in [0, 0.05) is 22.5 Å². The van der Waals surface area contributed by atoms with Crippen LogP contribution in [0, 0.1) is 5.21 Å². The number of carbonyl (C=O) groups is 2. The molecule has 1 aliphatic heterocycles. The van der Waals surface area contributed by atoms with Gasteiger partial charge in [0.15, 0.2) is 0 Å². The Morgan fingerprint density at radius 1 is 0.795 bits per heavy atom. The molecule has 0 spiro atoms. The van der Waals surface area contributed by atoms with E-state index in [1.54, 1.807) is 80.6 Å². The quantitative estimate of drug-likeness (QED) is 0.302. The Morgan fingerprint density at radius 3 is 1.69 bits per heavy atom. The third kappa shape index (κ3) is 5.57. The molecule has 4 N–H and O–H groups in total. The summed E-state index contributed by atoms with van der Waals surface area (Å²) in [6.07, 6.45) is 0. The highest BCUT2D eigenvalue weighted by molar-refractivity contribution is 6.12. The van der Waals surface area contributed by atoms with E-state index >= 15 is 0 Å². The lowest BCUT2D eigenvalue weighted by Crippen LogP contribution is -2.35. The lowest BCUT2D eigenvalue weighted by molar-refractivity contribution is -0.113. The minimum absolute atomic E-state index is 0.102. The third-order valence-electron chi connectivity index (χ3n) is 6.41. The Bertz CT molecular complexity index is 1380. The van der Waals surface area contributed by atoms with E-state index < -0.39 is 17.7 Å². The molecule has 202 valence electrons. The van der Waals surface area contributed by atoms with Gasteiger partial charge in [0.05, 0.1) is 37.2 Å². The number of anilines is 3. The molecule has 1 heterocycles. The Morgan fingerprint density at radius 2 is 1.23 bits per heavy atom. The zero-order chi connectivity index (χ0) is 28.1. The monoisotopic (exact) mass is 529 g/mol. The van der Waals surface area contributed by atoms with Gasteiger partial charge in [-0.25, -0.2) is 0 Å². The van der Waals surface area contributed by atoms with Crippen LogP contribution in [-0.4, -0.2) is 31.2 Å². The van der Waals surface area contributed by atoms with Crippen molar-refractivity contribution in [1.82, 2.24) is 5.32 Å². The first-order valence-electron chi connectivity index (χ1n) is 12.1. The number of ether oxygens (including phenoxy) is 2. The molecule has 10 heteroatoms. The van der Waals surface area contributed by atoms with Gasteiger partial charge < -0.3 is 35.9 Å². The van der Waals surface area contributed by atoms with E-state index in [-0.39, 0.29) is 27.6 Å². The lowest BCUT2D eigenvalue weighted by Gasteiger charge is -2.34. The molecule has 0 aliphatic carbocycles. The maximum absolute atomic E-state index is 13.9. The van der Waals surface area contributed by atoms with Crippen molar-refractivity contribution in [2.45, 2.75) is 19.8 Å². The van der Waals surface area contributed by atoms with Crippen molar-refractivity contribution < 1.29 is 24.3 Å². The van der Waals surface area contributed by atoms with E-state index in [0.717, 1.165) is 0 Å². The van der Waals surface area contributed by atoms with Gasteiger partial charge in [-0.05, 0) is 49.7 Å². The molecule has 0 saturated carbocycles. The van der Waals surface area contributed by atoms with Crippen molar-refractivity contribution in [1.29, 1.82) is 0 Å². The number of allylic oxidation sites excluding steroid dienone is 2.